The molecular formula is C32H33N3O5S2. The number of hydrogen-bond donors (Lipinski definition) is 1. The van der Waals surface area contributed by atoms with Gasteiger partial charge in [0, 0.05) is 67.7 Å². The summed E-state index contributed by atoms with van der Waals surface area (Å²) in [6.45, 7) is 0.124. The zero-order chi connectivity index (χ0) is 30.1. The molecule has 0 fully saturated rings. The van der Waals surface area contributed by atoms with Gasteiger partial charge >= 0.3 is 10.1 Å². The molecule has 5 aromatic rings. The zero-order valence-electron chi connectivity index (χ0n) is 23.9. The van der Waals surface area contributed by atoms with Crippen LogP contribution in [0.1, 0.15) is 5.56 Å². The van der Waals surface area contributed by atoms with E-state index in [-0.39, 0.29) is 22.1 Å². The van der Waals surface area contributed by atoms with Crippen molar-refractivity contribution >= 4 is 53.1 Å². The molecule has 5 rings (SSSR count). The fourth-order valence-electron chi connectivity index (χ4n) is 5.09. The Bertz CT molecular complexity index is 1990. The van der Waals surface area contributed by atoms with Crippen molar-refractivity contribution in [1.29, 1.82) is 0 Å². The van der Waals surface area contributed by atoms with Crippen LogP contribution in [-0.2, 0) is 26.6 Å². The molecule has 0 atom stereocenters. The summed E-state index contributed by atoms with van der Waals surface area (Å²) < 4.78 is 61.5. The molecule has 10 heteroatoms. The van der Waals surface area contributed by atoms with Crippen molar-refractivity contribution < 1.29 is 21.0 Å². The molecule has 8 nitrogen and oxygen atoms in total. The topological polar surface area (TPSA) is 96.0 Å². The summed E-state index contributed by atoms with van der Waals surface area (Å²) in [6.07, 6.45) is 0.338. The van der Waals surface area contributed by atoms with Crippen LogP contribution in [0.15, 0.2) is 107 Å². The molecule has 0 saturated heterocycles. The largest absolute Gasteiger partial charge is 0.379 e. The molecule has 0 spiro atoms. The number of rotatable bonds is 10. The van der Waals surface area contributed by atoms with Gasteiger partial charge in [-0.1, -0.05) is 60.7 Å². The van der Waals surface area contributed by atoms with Crippen molar-refractivity contribution in [3.63, 3.8) is 0 Å². The quantitative estimate of drug-likeness (QED) is 0.213. The molecule has 0 heterocycles. The molecule has 0 radical (unpaired) electrons. The molecule has 0 aliphatic rings. The Morgan fingerprint density at radius 1 is 0.619 bits per heavy atom. The van der Waals surface area contributed by atoms with Crippen LogP contribution >= 0.6 is 0 Å². The third-order valence-electron chi connectivity index (χ3n) is 7.05. The van der Waals surface area contributed by atoms with Crippen LogP contribution in [0.2, 0.25) is 0 Å². The number of benzene rings is 5. The predicted octanol–water partition coefficient (Wildman–Crippen LogP) is 5.41. The Morgan fingerprint density at radius 2 is 1.12 bits per heavy atom. The molecule has 0 aromatic heterocycles. The molecule has 5 aromatic carbocycles. The first-order chi connectivity index (χ1) is 20.0. The summed E-state index contributed by atoms with van der Waals surface area (Å²) in [5, 5.41) is 2.86. The van der Waals surface area contributed by atoms with Crippen molar-refractivity contribution in [2.45, 2.75) is 16.2 Å². The molecular weight excluding hydrogens is 571 g/mol. The third kappa shape index (κ3) is 5.92. The fraction of sp³-hybridized carbons (Fsp3) is 0.188. The number of nitrogens with zero attached hydrogens (tertiary/aromatic N) is 2. The number of hydrogen-bond acceptors (Lipinski definition) is 7. The van der Waals surface area contributed by atoms with Crippen LogP contribution in [0.3, 0.4) is 0 Å². The third-order valence-corrected chi connectivity index (χ3v) is 9.88. The maximum Gasteiger partial charge on any atom is 0.339 e. The highest BCUT2D eigenvalue weighted by Crippen LogP contribution is 2.32. The summed E-state index contributed by atoms with van der Waals surface area (Å²) in [5.74, 6) is 0.154. The number of anilines is 2. The predicted molar refractivity (Wildman–Crippen MR) is 170 cm³/mol. The summed E-state index contributed by atoms with van der Waals surface area (Å²) in [4.78, 5) is 4.16. The summed E-state index contributed by atoms with van der Waals surface area (Å²) in [6, 6.07) is 28.1. The van der Waals surface area contributed by atoms with E-state index in [1.165, 1.54) is 6.07 Å². The normalized spacial score (nSPS) is 12.0. The maximum absolute atomic E-state index is 13.4. The lowest BCUT2D eigenvalue weighted by Crippen LogP contribution is -2.26. The lowest BCUT2D eigenvalue weighted by atomic mass is 10.1. The molecule has 42 heavy (non-hydrogen) atoms. The SMILES string of the molecule is CN(C)c1cccc2c(S(=O)(=O)NCCc3cccc(OS(=O)(=O)c4cccc5c(N(C)C)cccc45)c3)cccc12. The van der Waals surface area contributed by atoms with Gasteiger partial charge in [-0.2, -0.15) is 8.42 Å². The first-order valence-corrected chi connectivity index (χ1v) is 16.3. The molecule has 0 bridgehead atoms. The Balaban J connectivity index is 1.33. The summed E-state index contributed by atoms with van der Waals surface area (Å²) in [7, 11) is -0.306. The number of fused-ring (bicyclic) bond motifs is 2. The van der Waals surface area contributed by atoms with E-state index in [9.17, 15) is 16.8 Å². The minimum Gasteiger partial charge on any atom is -0.379 e. The highest BCUT2D eigenvalue weighted by Gasteiger charge is 2.22. The molecule has 0 amide bonds. The zero-order valence-corrected chi connectivity index (χ0v) is 25.5. The molecule has 0 aliphatic carbocycles. The van der Waals surface area contributed by atoms with Gasteiger partial charge < -0.3 is 14.0 Å². The van der Waals surface area contributed by atoms with Crippen LogP contribution in [0.5, 0.6) is 5.75 Å². The minimum atomic E-state index is -4.14. The second-order valence-corrected chi connectivity index (χ2v) is 13.6. The second kappa shape index (κ2) is 11.6. The summed E-state index contributed by atoms with van der Waals surface area (Å²) >= 11 is 0. The monoisotopic (exact) mass is 603 g/mol. The molecule has 0 unspecified atom stereocenters. The van der Waals surface area contributed by atoms with E-state index < -0.39 is 20.1 Å². The highest BCUT2D eigenvalue weighted by atomic mass is 32.2. The lowest BCUT2D eigenvalue weighted by molar-refractivity contribution is 0.486. The van der Waals surface area contributed by atoms with Crippen molar-refractivity contribution in [3.8, 4) is 5.75 Å². The van der Waals surface area contributed by atoms with Gasteiger partial charge in [0.1, 0.15) is 10.6 Å². The van der Waals surface area contributed by atoms with E-state index in [2.05, 4.69) is 4.72 Å². The van der Waals surface area contributed by atoms with Gasteiger partial charge in [-0.05, 0) is 48.4 Å². The standard InChI is InChI=1S/C32H33N3O5S2/c1-34(2)29-16-6-14-27-25(29)12-8-18-31(27)41(36,37)33-21-20-23-10-5-11-24(22-23)40-42(38,39)32-19-9-13-26-28(32)15-7-17-30(26)35(3)4/h5-19,22,33H,20-21H2,1-4H3. The van der Waals surface area contributed by atoms with Crippen LogP contribution in [0.4, 0.5) is 11.4 Å². The number of nitrogens with one attached hydrogen (secondary N) is 1. The van der Waals surface area contributed by atoms with E-state index in [1.807, 2.05) is 74.4 Å². The van der Waals surface area contributed by atoms with E-state index >= 15 is 0 Å². The molecule has 1 N–H and O–H groups in total. The first kappa shape index (κ1) is 29.4. The van der Waals surface area contributed by atoms with Crippen molar-refractivity contribution in [2.75, 3.05) is 44.5 Å². The Morgan fingerprint density at radius 3 is 1.71 bits per heavy atom. The molecule has 0 aliphatic heterocycles. The highest BCUT2D eigenvalue weighted by molar-refractivity contribution is 7.89. The van der Waals surface area contributed by atoms with Crippen molar-refractivity contribution in [3.05, 3.63) is 103 Å². The van der Waals surface area contributed by atoms with E-state index in [0.717, 1.165) is 27.7 Å². The number of sulfonamides is 1. The molecule has 218 valence electrons. The van der Waals surface area contributed by atoms with Crippen LogP contribution in [-0.4, -0.2) is 51.6 Å². The van der Waals surface area contributed by atoms with Crippen LogP contribution in [0.25, 0.3) is 21.5 Å². The van der Waals surface area contributed by atoms with Gasteiger partial charge in [-0.25, -0.2) is 13.1 Å². The minimum absolute atomic E-state index is 0.0781. The summed E-state index contributed by atoms with van der Waals surface area (Å²) in [5.41, 5.74) is 2.56. The van der Waals surface area contributed by atoms with Gasteiger partial charge in [-0.3, -0.25) is 0 Å². The fourth-order valence-corrected chi connectivity index (χ4v) is 7.48. The second-order valence-electron chi connectivity index (χ2n) is 10.4. The average molecular weight is 604 g/mol. The van der Waals surface area contributed by atoms with E-state index in [0.29, 0.717) is 17.2 Å². The average Bonchev–Trinajstić information content (AvgIpc) is 2.95. The Labute approximate surface area is 247 Å². The van der Waals surface area contributed by atoms with E-state index in [1.54, 1.807) is 54.6 Å². The van der Waals surface area contributed by atoms with Gasteiger partial charge in [0.2, 0.25) is 10.0 Å². The van der Waals surface area contributed by atoms with Gasteiger partial charge in [0.15, 0.2) is 0 Å². The van der Waals surface area contributed by atoms with Crippen molar-refractivity contribution in [1.82, 2.24) is 4.72 Å². The van der Waals surface area contributed by atoms with Gasteiger partial charge in [0.05, 0.1) is 4.90 Å². The van der Waals surface area contributed by atoms with Crippen LogP contribution < -0.4 is 18.7 Å². The molecule has 0 saturated carbocycles. The maximum atomic E-state index is 13.4. The first-order valence-electron chi connectivity index (χ1n) is 13.4. The van der Waals surface area contributed by atoms with E-state index in [4.69, 9.17) is 4.18 Å². The van der Waals surface area contributed by atoms with Gasteiger partial charge in [0.25, 0.3) is 0 Å². The Hall–Kier alpha value is -4.12. The smallest absolute Gasteiger partial charge is 0.339 e. The van der Waals surface area contributed by atoms with Gasteiger partial charge in [-0.15, -0.1) is 0 Å². The lowest BCUT2D eigenvalue weighted by Gasteiger charge is -2.17. The Kier molecular flexibility index (Phi) is 8.14. The van der Waals surface area contributed by atoms with Crippen LogP contribution in [0, 0.1) is 0 Å². The van der Waals surface area contributed by atoms with Crippen molar-refractivity contribution in [2.24, 2.45) is 0 Å².